The highest BCUT2D eigenvalue weighted by molar-refractivity contribution is 14.1. The van der Waals surface area contributed by atoms with Crippen LogP contribution in [0.5, 0.6) is 0 Å². The Labute approximate surface area is 127 Å². The smallest absolute Gasteiger partial charge is 0.0215 e. The second kappa shape index (κ2) is 5.16. The molecule has 0 spiro atoms. The highest BCUT2D eigenvalue weighted by Gasteiger charge is 2.16. The largest absolute Gasteiger partial charge is 0.0586 e. The average molecular weight is 526 g/mol. The molecule has 0 aliphatic rings. The molecule has 0 aliphatic heterocycles. The Kier molecular flexibility index (Phi) is 4.97. The summed E-state index contributed by atoms with van der Waals surface area (Å²) < 4.78 is 4.30. The molecule has 0 amide bonds. The summed E-state index contributed by atoms with van der Waals surface area (Å²) in [5.74, 6) is 0.614. The molecule has 0 saturated heterocycles. The van der Waals surface area contributed by atoms with Gasteiger partial charge < -0.3 is 0 Å². The molecule has 0 aromatic heterocycles. The Balaban J connectivity index is 3.60. The van der Waals surface area contributed by atoms with Gasteiger partial charge in [-0.25, -0.2) is 0 Å². The molecule has 0 heterocycles. The van der Waals surface area contributed by atoms with E-state index in [0.29, 0.717) is 5.92 Å². The molecule has 3 heteroatoms. The second-order valence-corrected chi connectivity index (χ2v) is 7.00. The van der Waals surface area contributed by atoms with Crippen LogP contribution in [0.4, 0.5) is 0 Å². The Morgan fingerprint density at radius 2 is 1.14 bits per heavy atom. The molecular weight excluding hydrogens is 513 g/mol. The van der Waals surface area contributed by atoms with Crippen molar-refractivity contribution in [2.45, 2.75) is 33.6 Å². The SMILES string of the molecule is Cc1c(I)c(C)c(I)c(C(C)C)c1I. The van der Waals surface area contributed by atoms with Crippen molar-refractivity contribution in [2.24, 2.45) is 0 Å². The third-order valence-electron chi connectivity index (χ3n) is 2.37. The molecule has 0 atom stereocenters. The summed E-state index contributed by atoms with van der Waals surface area (Å²) in [5.41, 5.74) is 4.39. The molecule has 0 N–H and O–H groups in total. The van der Waals surface area contributed by atoms with Gasteiger partial charge in [-0.05, 0) is 104 Å². The average Bonchev–Trinajstić information content (AvgIpc) is 2.11. The molecule has 14 heavy (non-hydrogen) atoms. The maximum Gasteiger partial charge on any atom is 0.0215 e. The second-order valence-electron chi connectivity index (χ2n) is 3.76. The Hall–Kier alpha value is 1.41. The van der Waals surface area contributed by atoms with Crippen LogP contribution in [0.25, 0.3) is 0 Å². The molecule has 0 unspecified atom stereocenters. The molecule has 0 fully saturated rings. The van der Waals surface area contributed by atoms with Gasteiger partial charge in [-0.15, -0.1) is 0 Å². The molecule has 1 aromatic carbocycles. The highest BCUT2D eigenvalue weighted by Crippen LogP contribution is 2.34. The van der Waals surface area contributed by atoms with E-state index in [2.05, 4.69) is 95.5 Å². The number of hydrogen-bond acceptors (Lipinski definition) is 0. The first-order valence-electron chi connectivity index (χ1n) is 4.51. The van der Waals surface area contributed by atoms with Crippen LogP contribution in [0.2, 0.25) is 0 Å². The normalized spacial score (nSPS) is 11.1. The molecule has 1 aromatic rings. The van der Waals surface area contributed by atoms with E-state index in [9.17, 15) is 0 Å². The van der Waals surface area contributed by atoms with Crippen molar-refractivity contribution in [1.29, 1.82) is 0 Å². The van der Waals surface area contributed by atoms with Gasteiger partial charge in [0.1, 0.15) is 0 Å². The molecule has 1 rings (SSSR count). The first-order valence-corrected chi connectivity index (χ1v) is 7.75. The zero-order chi connectivity index (χ0) is 11.0. The zero-order valence-corrected chi connectivity index (χ0v) is 15.2. The van der Waals surface area contributed by atoms with Crippen molar-refractivity contribution in [2.75, 3.05) is 0 Å². The minimum atomic E-state index is 0.614. The van der Waals surface area contributed by atoms with Crippen LogP contribution in [-0.4, -0.2) is 0 Å². The predicted octanol–water partition coefficient (Wildman–Crippen LogP) is 5.24. The van der Waals surface area contributed by atoms with Crippen LogP contribution in [0.15, 0.2) is 0 Å². The van der Waals surface area contributed by atoms with Gasteiger partial charge in [-0.3, -0.25) is 0 Å². The van der Waals surface area contributed by atoms with E-state index < -0.39 is 0 Å². The van der Waals surface area contributed by atoms with Gasteiger partial charge in [0.25, 0.3) is 0 Å². The summed E-state index contributed by atoms with van der Waals surface area (Å²) in [4.78, 5) is 0. The van der Waals surface area contributed by atoms with Gasteiger partial charge in [0, 0.05) is 10.7 Å². The van der Waals surface area contributed by atoms with Crippen LogP contribution >= 0.6 is 67.8 Å². The number of halogens is 3. The van der Waals surface area contributed by atoms with Gasteiger partial charge in [0.05, 0.1) is 0 Å². The summed E-state index contributed by atoms with van der Waals surface area (Å²) in [7, 11) is 0. The Morgan fingerprint density at radius 1 is 0.786 bits per heavy atom. The van der Waals surface area contributed by atoms with E-state index >= 15 is 0 Å². The van der Waals surface area contributed by atoms with E-state index in [-0.39, 0.29) is 0 Å². The van der Waals surface area contributed by atoms with Crippen LogP contribution in [0.3, 0.4) is 0 Å². The van der Waals surface area contributed by atoms with Crippen molar-refractivity contribution in [1.82, 2.24) is 0 Å². The van der Waals surface area contributed by atoms with E-state index in [1.54, 1.807) is 0 Å². The van der Waals surface area contributed by atoms with Gasteiger partial charge in [-0.2, -0.15) is 0 Å². The lowest BCUT2D eigenvalue weighted by Crippen LogP contribution is -2.04. The lowest BCUT2D eigenvalue weighted by atomic mass is 9.99. The number of hydrogen-bond donors (Lipinski definition) is 0. The van der Waals surface area contributed by atoms with Gasteiger partial charge in [-0.1, -0.05) is 13.8 Å². The molecule has 0 saturated carbocycles. The summed E-state index contributed by atoms with van der Waals surface area (Å²) in [6.07, 6.45) is 0. The molecule has 0 radical (unpaired) electrons. The Morgan fingerprint density at radius 3 is 1.43 bits per heavy atom. The van der Waals surface area contributed by atoms with Crippen molar-refractivity contribution in [3.63, 3.8) is 0 Å². The van der Waals surface area contributed by atoms with E-state index in [1.165, 1.54) is 27.4 Å². The fourth-order valence-corrected chi connectivity index (χ4v) is 5.89. The minimum absolute atomic E-state index is 0.614. The third-order valence-corrected chi connectivity index (χ3v) is 6.77. The lowest BCUT2D eigenvalue weighted by Gasteiger charge is -2.18. The maximum absolute atomic E-state index is 2.48. The third kappa shape index (κ3) is 2.39. The summed E-state index contributed by atoms with van der Waals surface area (Å²) >= 11 is 7.41. The topological polar surface area (TPSA) is 0 Å². The molecule has 0 bridgehead atoms. The van der Waals surface area contributed by atoms with E-state index in [0.717, 1.165) is 0 Å². The highest BCUT2D eigenvalue weighted by atomic mass is 127. The van der Waals surface area contributed by atoms with Crippen molar-refractivity contribution in [3.8, 4) is 0 Å². The van der Waals surface area contributed by atoms with Crippen LogP contribution in [0.1, 0.15) is 36.5 Å². The van der Waals surface area contributed by atoms with Crippen molar-refractivity contribution >= 4 is 67.8 Å². The molecule has 0 nitrogen and oxygen atoms in total. The van der Waals surface area contributed by atoms with Crippen molar-refractivity contribution < 1.29 is 0 Å². The van der Waals surface area contributed by atoms with Crippen LogP contribution in [-0.2, 0) is 0 Å². The fourth-order valence-electron chi connectivity index (χ4n) is 1.48. The fraction of sp³-hybridized carbons (Fsp3) is 0.455. The van der Waals surface area contributed by atoms with E-state index in [4.69, 9.17) is 0 Å². The zero-order valence-electron chi connectivity index (χ0n) is 8.71. The summed E-state index contributed by atoms with van der Waals surface area (Å²) in [6, 6.07) is 0. The molecule has 78 valence electrons. The predicted molar refractivity (Wildman–Crippen MR) is 88.2 cm³/mol. The number of benzene rings is 1. The number of rotatable bonds is 1. The molecule has 0 aliphatic carbocycles. The van der Waals surface area contributed by atoms with Crippen LogP contribution in [0, 0.1) is 24.6 Å². The monoisotopic (exact) mass is 526 g/mol. The summed E-state index contributed by atoms with van der Waals surface area (Å²) in [6.45, 7) is 8.98. The minimum Gasteiger partial charge on any atom is -0.0586 e. The first-order chi connectivity index (χ1) is 6.37. The first kappa shape index (κ1) is 13.5. The molecular formula is C11H13I3. The summed E-state index contributed by atoms with van der Waals surface area (Å²) in [5, 5.41) is 0. The maximum atomic E-state index is 2.48. The van der Waals surface area contributed by atoms with Crippen LogP contribution < -0.4 is 0 Å². The standard InChI is InChI=1S/C11H13I3/c1-5(2)8-10(13)6(3)9(12)7(4)11(8)14/h5H,1-4H3. The van der Waals surface area contributed by atoms with E-state index in [1.807, 2.05) is 0 Å². The van der Waals surface area contributed by atoms with Gasteiger partial charge in [0.15, 0.2) is 0 Å². The lowest BCUT2D eigenvalue weighted by molar-refractivity contribution is 0.846. The Bertz CT molecular complexity index is 338. The van der Waals surface area contributed by atoms with Gasteiger partial charge >= 0.3 is 0 Å². The van der Waals surface area contributed by atoms with Gasteiger partial charge in [0.2, 0.25) is 0 Å². The quantitative estimate of drug-likeness (QED) is 0.440. The van der Waals surface area contributed by atoms with Crippen molar-refractivity contribution in [3.05, 3.63) is 27.4 Å².